The van der Waals surface area contributed by atoms with E-state index in [2.05, 4.69) is 9.88 Å². The summed E-state index contributed by atoms with van der Waals surface area (Å²) >= 11 is 0. The van der Waals surface area contributed by atoms with Crippen LogP contribution in [0, 0.1) is 0 Å². The Balaban J connectivity index is 1.26. The van der Waals surface area contributed by atoms with Crippen LogP contribution in [0.15, 0.2) is 71.3 Å². The Morgan fingerprint density at radius 1 is 1.00 bits per heavy atom. The number of carbonyl (C=O) groups excluding carboxylic acids is 1. The highest BCUT2D eigenvalue weighted by Crippen LogP contribution is 2.21. The Morgan fingerprint density at radius 2 is 1.66 bits per heavy atom. The molecular weight excluding hydrogens is 364 g/mol. The molecule has 1 atom stereocenters. The highest BCUT2D eigenvalue weighted by molar-refractivity contribution is 5.77. The fraction of sp³-hybridized carbons (Fsp3) is 0.304. The number of rotatable bonds is 6. The number of piperazine rings is 1. The van der Waals surface area contributed by atoms with Crippen molar-refractivity contribution in [1.29, 1.82) is 0 Å². The zero-order valence-corrected chi connectivity index (χ0v) is 16.4. The number of nitrogens with zero attached hydrogens (tertiary/aromatic N) is 3. The van der Waals surface area contributed by atoms with Crippen molar-refractivity contribution in [2.45, 2.75) is 19.0 Å². The van der Waals surface area contributed by atoms with Crippen molar-refractivity contribution in [3.8, 4) is 11.3 Å². The third-order valence-corrected chi connectivity index (χ3v) is 5.32. The van der Waals surface area contributed by atoms with Gasteiger partial charge >= 0.3 is 0 Å². The lowest BCUT2D eigenvalue weighted by Crippen LogP contribution is -2.48. The first kappa shape index (κ1) is 19.4. The highest BCUT2D eigenvalue weighted by atomic mass is 16.4. The monoisotopic (exact) mass is 390 g/mol. The van der Waals surface area contributed by atoms with Crippen LogP contribution >= 0.6 is 0 Å². The molecule has 2 N–H and O–H groups in total. The summed E-state index contributed by atoms with van der Waals surface area (Å²) in [4.78, 5) is 21.2. The maximum Gasteiger partial charge on any atom is 0.224 e. The Labute approximate surface area is 170 Å². The minimum Gasteiger partial charge on any atom is -0.439 e. The average Bonchev–Trinajstić information content (AvgIpc) is 3.24. The van der Waals surface area contributed by atoms with Crippen LogP contribution < -0.4 is 5.73 Å². The summed E-state index contributed by atoms with van der Waals surface area (Å²) < 4.78 is 5.90. The minimum absolute atomic E-state index is 0.114. The van der Waals surface area contributed by atoms with E-state index in [-0.39, 0.29) is 11.9 Å². The van der Waals surface area contributed by atoms with Gasteiger partial charge in [0, 0.05) is 44.2 Å². The van der Waals surface area contributed by atoms with Crippen molar-refractivity contribution >= 4 is 5.91 Å². The first-order chi connectivity index (χ1) is 14.2. The van der Waals surface area contributed by atoms with Crippen LogP contribution in [0.4, 0.5) is 0 Å². The van der Waals surface area contributed by atoms with E-state index >= 15 is 0 Å². The molecule has 0 radical (unpaired) electrons. The van der Waals surface area contributed by atoms with Crippen LogP contribution in [-0.4, -0.2) is 46.9 Å². The molecule has 4 rings (SSSR count). The molecule has 3 aromatic rings. The molecule has 1 aliphatic rings. The second-order valence-electron chi connectivity index (χ2n) is 7.36. The zero-order chi connectivity index (χ0) is 20.1. The lowest BCUT2D eigenvalue weighted by molar-refractivity contribution is -0.133. The number of amides is 1. The maximum absolute atomic E-state index is 12.6. The van der Waals surface area contributed by atoms with Gasteiger partial charge in [0.2, 0.25) is 11.8 Å². The van der Waals surface area contributed by atoms with Crippen LogP contribution in [0.1, 0.15) is 23.9 Å². The van der Waals surface area contributed by atoms with Crippen LogP contribution in [0.25, 0.3) is 11.3 Å². The van der Waals surface area contributed by atoms with Gasteiger partial charge in [-0.05, 0) is 5.56 Å². The van der Waals surface area contributed by atoms with E-state index in [1.165, 1.54) is 0 Å². The van der Waals surface area contributed by atoms with Crippen LogP contribution in [0.3, 0.4) is 0 Å². The van der Waals surface area contributed by atoms with Gasteiger partial charge in [0.05, 0.1) is 12.7 Å². The lowest BCUT2D eigenvalue weighted by atomic mass is 10.0. The van der Waals surface area contributed by atoms with Gasteiger partial charge in [-0.3, -0.25) is 9.69 Å². The fourth-order valence-electron chi connectivity index (χ4n) is 3.60. The number of hydrogen-bond donors (Lipinski definition) is 1. The molecule has 1 amide bonds. The SMILES string of the molecule is NC(CC(=O)N1CCN(Cc2ncc(-c3ccccc3)o2)CC1)c1ccccc1. The Morgan fingerprint density at radius 3 is 2.34 bits per heavy atom. The number of aromatic nitrogens is 1. The summed E-state index contributed by atoms with van der Waals surface area (Å²) in [6, 6.07) is 19.5. The topological polar surface area (TPSA) is 75.6 Å². The predicted octanol–water partition coefficient (Wildman–Crippen LogP) is 3.08. The molecule has 1 aromatic heterocycles. The summed E-state index contributed by atoms with van der Waals surface area (Å²) in [5, 5.41) is 0. The normalized spacial score (nSPS) is 16.0. The molecule has 6 nitrogen and oxygen atoms in total. The maximum atomic E-state index is 12.6. The summed E-state index contributed by atoms with van der Waals surface area (Å²) in [6.07, 6.45) is 2.11. The van der Waals surface area contributed by atoms with Gasteiger partial charge in [-0.2, -0.15) is 0 Å². The van der Waals surface area contributed by atoms with Gasteiger partial charge in [0.25, 0.3) is 0 Å². The Bertz CT molecular complexity index is 918. The lowest BCUT2D eigenvalue weighted by Gasteiger charge is -2.34. The van der Waals surface area contributed by atoms with Crippen molar-refractivity contribution in [2.75, 3.05) is 26.2 Å². The average molecular weight is 390 g/mol. The van der Waals surface area contributed by atoms with Gasteiger partial charge in [-0.25, -0.2) is 4.98 Å². The second-order valence-corrected chi connectivity index (χ2v) is 7.36. The van der Waals surface area contributed by atoms with E-state index in [0.717, 1.165) is 30.0 Å². The second kappa shape index (κ2) is 9.03. The quantitative estimate of drug-likeness (QED) is 0.700. The van der Waals surface area contributed by atoms with Gasteiger partial charge in [-0.1, -0.05) is 60.7 Å². The van der Waals surface area contributed by atoms with Gasteiger partial charge < -0.3 is 15.1 Å². The predicted molar refractivity (Wildman–Crippen MR) is 112 cm³/mol. The third kappa shape index (κ3) is 4.91. The largest absolute Gasteiger partial charge is 0.439 e. The molecule has 29 heavy (non-hydrogen) atoms. The molecule has 1 unspecified atom stereocenters. The number of hydrogen-bond acceptors (Lipinski definition) is 5. The van der Waals surface area contributed by atoms with Crippen LogP contribution in [0.5, 0.6) is 0 Å². The number of carbonyl (C=O) groups is 1. The first-order valence-corrected chi connectivity index (χ1v) is 10.00. The summed E-state index contributed by atoms with van der Waals surface area (Å²) in [5.74, 6) is 1.60. The standard InChI is InChI=1S/C23H26N4O2/c24-20(18-7-3-1-4-8-18)15-23(28)27-13-11-26(12-14-27)17-22-25-16-21(29-22)19-9-5-2-6-10-19/h1-10,16,20H,11-15,17,24H2. The van der Waals surface area contributed by atoms with E-state index in [1.54, 1.807) is 6.20 Å². The number of benzene rings is 2. The summed E-state index contributed by atoms with van der Waals surface area (Å²) in [6.45, 7) is 3.66. The van der Waals surface area contributed by atoms with Gasteiger partial charge in [0.15, 0.2) is 5.76 Å². The molecule has 2 heterocycles. The van der Waals surface area contributed by atoms with Crippen molar-refractivity contribution in [3.05, 3.63) is 78.3 Å². The van der Waals surface area contributed by atoms with Crippen molar-refractivity contribution in [3.63, 3.8) is 0 Å². The Kier molecular flexibility index (Phi) is 6.03. The number of nitrogens with two attached hydrogens (primary N) is 1. The van der Waals surface area contributed by atoms with E-state index in [4.69, 9.17) is 10.2 Å². The third-order valence-electron chi connectivity index (χ3n) is 5.32. The fourth-order valence-corrected chi connectivity index (χ4v) is 3.60. The molecular formula is C23H26N4O2. The van der Waals surface area contributed by atoms with Crippen LogP contribution in [-0.2, 0) is 11.3 Å². The smallest absolute Gasteiger partial charge is 0.224 e. The molecule has 1 aliphatic heterocycles. The first-order valence-electron chi connectivity index (χ1n) is 10.00. The zero-order valence-electron chi connectivity index (χ0n) is 16.4. The molecule has 6 heteroatoms. The summed E-state index contributed by atoms with van der Waals surface area (Å²) in [5.41, 5.74) is 8.23. The highest BCUT2D eigenvalue weighted by Gasteiger charge is 2.24. The van der Waals surface area contributed by atoms with Crippen molar-refractivity contribution in [2.24, 2.45) is 5.73 Å². The molecule has 0 spiro atoms. The van der Waals surface area contributed by atoms with E-state index < -0.39 is 0 Å². The molecule has 0 bridgehead atoms. The Hall–Kier alpha value is -2.96. The minimum atomic E-state index is -0.259. The summed E-state index contributed by atoms with van der Waals surface area (Å²) in [7, 11) is 0. The van der Waals surface area contributed by atoms with Crippen molar-refractivity contribution < 1.29 is 9.21 Å². The molecule has 1 fully saturated rings. The molecule has 0 aliphatic carbocycles. The molecule has 2 aromatic carbocycles. The van der Waals surface area contributed by atoms with Crippen molar-refractivity contribution in [1.82, 2.24) is 14.8 Å². The van der Waals surface area contributed by atoms with E-state index in [1.807, 2.05) is 65.6 Å². The van der Waals surface area contributed by atoms with Gasteiger partial charge in [-0.15, -0.1) is 0 Å². The van der Waals surface area contributed by atoms with Gasteiger partial charge in [0.1, 0.15) is 0 Å². The molecule has 0 saturated carbocycles. The van der Waals surface area contributed by atoms with E-state index in [9.17, 15) is 4.79 Å². The number of oxazole rings is 1. The van der Waals surface area contributed by atoms with E-state index in [0.29, 0.717) is 31.9 Å². The van der Waals surface area contributed by atoms with Crippen LogP contribution in [0.2, 0.25) is 0 Å². The molecule has 150 valence electrons. The molecule has 1 saturated heterocycles.